The number of nitrogens with zero attached hydrogens (tertiary/aromatic N) is 4. The molecule has 2 saturated carbocycles. The van der Waals surface area contributed by atoms with Gasteiger partial charge in [0.15, 0.2) is 5.69 Å². The number of aromatic nitrogens is 3. The second-order valence-corrected chi connectivity index (χ2v) is 11.2. The number of ether oxygens (including phenoxy) is 2. The van der Waals surface area contributed by atoms with Gasteiger partial charge in [0.05, 0.1) is 43.8 Å². The third kappa shape index (κ3) is 4.89. The van der Waals surface area contributed by atoms with Gasteiger partial charge in [0.1, 0.15) is 11.6 Å². The molecular formula is C27H33F3N4O4. The number of carbonyl (C=O) groups is 1. The predicted octanol–water partition coefficient (Wildman–Crippen LogP) is 5.68. The van der Waals surface area contributed by atoms with Crippen LogP contribution in [-0.4, -0.2) is 52.6 Å². The Balaban J connectivity index is 1.16. The van der Waals surface area contributed by atoms with Gasteiger partial charge in [0.25, 0.3) is 0 Å². The Kier molecular flexibility index (Phi) is 6.82. The number of alkyl halides is 3. The number of hydrogen-bond acceptors (Lipinski definition) is 8. The first kappa shape index (κ1) is 25.6. The van der Waals surface area contributed by atoms with Crippen LogP contribution in [0.4, 0.5) is 19.0 Å². The van der Waals surface area contributed by atoms with Crippen LogP contribution in [0.5, 0.6) is 0 Å². The monoisotopic (exact) mass is 534 g/mol. The van der Waals surface area contributed by atoms with Gasteiger partial charge in [-0.15, -0.1) is 0 Å². The zero-order chi connectivity index (χ0) is 26.4. The predicted molar refractivity (Wildman–Crippen MR) is 130 cm³/mol. The Morgan fingerprint density at radius 1 is 1.05 bits per heavy atom. The van der Waals surface area contributed by atoms with Crippen LogP contribution in [-0.2, 0) is 16.1 Å². The van der Waals surface area contributed by atoms with E-state index in [4.69, 9.17) is 14.0 Å². The summed E-state index contributed by atoms with van der Waals surface area (Å²) in [6.07, 6.45) is 6.36. The largest absolute Gasteiger partial charge is 0.464 e. The normalized spacial score (nSPS) is 29.5. The van der Waals surface area contributed by atoms with E-state index in [0.29, 0.717) is 18.5 Å². The molecule has 206 valence electrons. The first-order valence-corrected chi connectivity index (χ1v) is 13.7. The summed E-state index contributed by atoms with van der Waals surface area (Å²) < 4.78 is 58.5. The summed E-state index contributed by atoms with van der Waals surface area (Å²) in [4.78, 5) is 22.6. The highest BCUT2D eigenvalue weighted by Crippen LogP contribution is 2.50. The number of halogens is 3. The van der Waals surface area contributed by atoms with Crippen molar-refractivity contribution in [1.29, 1.82) is 0 Å². The van der Waals surface area contributed by atoms with E-state index in [9.17, 15) is 18.0 Å². The Morgan fingerprint density at radius 2 is 1.79 bits per heavy atom. The quantitative estimate of drug-likeness (QED) is 0.419. The van der Waals surface area contributed by atoms with Crippen LogP contribution in [0.3, 0.4) is 0 Å². The highest BCUT2D eigenvalue weighted by Gasteiger charge is 2.49. The number of rotatable bonds is 7. The van der Waals surface area contributed by atoms with Gasteiger partial charge in [-0.25, -0.2) is 14.8 Å². The molecule has 11 heteroatoms. The summed E-state index contributed by atoms with van der Waals surface area (Å²) in [6, 6.07) is 0.463. The van der Waals surface area contributed by atoms with E-state index < -0.39 is 24.0 Å². The average molecular weight is 535 g/mol. The summed E-state index contributed by atoms with van der Waals surface area (Å²) in [5.41, 5.74) is 1.39. The molecule has 8 nitrogen and oxygen atoms in total. The van der Waals surface area contributed by atoms with Crippen LogP contribution in [0.1, 0.15) is 104 Å². The molecule has 4 unspecified atom stereocenters. The Bertz CT molecular complexity index is 1140. The summed E-state index contributed by atoms with van der Waals surface area (Å²) in [5.74, 6) is -0.856. The first-order valence-electron chi connectivity index (χ1n) is 13.7. The van der Waals surface area contributed by atoms with Gasteiger partial charge in [0, 0.05) is 29.5 Å². The number of piperidine rings is 1. The first-order chi connectivity index (χ1) is 18.3. The summed E-state index contributed by atoms with van der Waals surface area (Å²) >= 11 is 0. The van der Waals surface area contributed by atoms with Crippen molar-refractivity contribution in [3.63, 3.8) is 0 Å². The molecular weight excluding hydrogens is 501 g/mol. The van der Waals surface area contributed by atoms with E-state index in [1.54, 1.807) is 6.20 Å². The van der Waals surface area contributed by atoms with Gasteiger partial charge in [-0.05, 0) is 51.4 Å². The zero-order valence-electron chi connectivity index (χ0n) is 21.5. The van der Waals surface area contributed by atoms with E-state index >= 15 is 0 Å². The number of hydrogen-bond donors (Lipinski definition) is 0. The Labute approximate surface area is 219 Å². The highest BCUT2D eigenvalue weighted by atomic mass is 19.4. The van der Waals surface area contributed by atoms with Gasteiger partial charge < -0.3 is 18.9 Å². The highest BCUT2D eigenvalue weighted by molar-refractivity contribution is 5.86. The van der Waals surface area contributed by atoms with Crippen LogP contribution < -0.4 is 4.90 Å². The third-order valence-corrected chi connectivity index (χ3v) is 8.79. The minimum absolute atomic E-state index is 0.00868. The molecule has 5 atom stereocenters. The van der Waals surface area contributed by atoms with Crippen LogP contribution in [0.15, 0.2) is 16.9 Å². The van der Waals surface area contributed by atoms with Crippen molar-refractivity contribution in [3.05, 3.63) is 35.1 Å². The van der Waals surface area contributed by atoms with E-state index in [1.165, 1.54) is 13.3 Å². The van der Waals surface area contributed by atoms with E-state index in [1.807, 2.05) is 0 Å². The Hall–Kier alpha value is -2.69. The zero-order valence-corrected chi connectivity index (χ0v) is 21.5. The molecule has 2 saturated heterocycles. The van der Waals surface area contributed by atoms with Crippen molar-refractivity contribution in [2.75, 3.05) is 12.0 Å². The van der Waals surface area contributed by atoms with Gasteiger partial charge in [-0.1, -0.05) is 18.0 Å². The van der Waals surface area contributed by atoms with E-state index in [0.717, 1.165) is 62.1 Å². The lowest BCUT2D eigenvalue weighted by Crippen LogP contribution is -2.46. The molecule has 6 rings (SSSR count). The topological polar surface area (TPSA) is 90.6 Å². The Morgan fingerprint density at radius 3 is 2.42 bits per heavy atom. The van der Waals surface area contributed by atoms with E-state index in [2.05, 4.69) is 20.0 Å². The molecule has 2 bridgehead atoms. The third-order valence-electron chi connectivity index (χ3n) is 8.79. The standard InChI is InChI=1S/C27H33F3N4O4/c1-36-26(35)22-12-32-23(13-31-22)34-16-8-9-17(34)11-18(10-16)37-14-20-24(33-38-25(20)15-6-7-15)19-4-2-3-5-21(19)27(28,29)30/h12-13,15-19,21H,2-11,14H2,1H3/t16-,17?,18?,19?,21?/m0/s1. The fourth-order valence-corrected chi connectivity index (χ4v) is 6.79. The van der Waals surface area contributed by atoms with Crippen molar-refractivity contribution in [2.24, 2.45) is 5.92 Å². The van der Waals surface area contributed by atoms with Crippen LogP contribution in [0, 0.1) is 5.92 Å². The molecule has 2 aromatic heterocycles. The van der Waals surface area contributed by atoms with Crippen molar-refractivity contribution in [3.8, 4) is 0 Å². The molecule has 0 aromatic carbocycles. The number of carbonyl (C=O) groups excluding carboxylic acids is 1. The van der Waals surface area contributed by atoms with Crippen LogP contribution in [0.25, 0.3) is 0 Å². The molecule has 4 aliphatic rings. The molecule has 0 amide bonds. The lowest BCUT2D eigenvalue weighted by molar-refractivity contribution is -0.187. The molecule has 0 N–H and O–H groups in total. The maximum atomic E-state index is 13.9. The molecule has 2 aliphatic heterocycles. The molecule has 4 fully saturated rings. The molecule has 0 radical (unpaired) electrons. The van der Waals surface area contributed by atoms with Crippen molar-refractivity contribution < 1.29 is 32.0 Å². The minimum Gasteiger partial charge on any atom is -0.464 e. The van der Waals surface area contributed by atoms with Gasteiger partial charge in [-0.3, -0.25) is 0 Å². The SMILES string of the molecule is COC(=O)c1cnc(N2C3CC[C@H]2CC(OCc2c(C4CCCCC4C(F)(F)F)noc2C2CC2)C3)cn1. The summed E-state index contributed by atoms with van der Waals surface area (Å²) in [7, 11) is 1.31. The van der Waals surface area contributed by atoms with Gasteiger partial charge >= 0.3 is 12.1 Å². The second kappa shape index (κ2) is 10.1. The van der Waals surface area contributed by atoms with Crippen molar-refractivity contribution in [1.82, 2.24) is 15.1 Å². The number of fused-ring (bicyclic) bond motifs is 2. The lowest BCUT2D eigenvalue weighted by Gasteiger charge is -2.39. The lowest BCUT2D eigenvalue weighted by atomic mass is 9.76. The van der Waals surface area contributed by atoms with Gasteiger partial charge in [-0.2, -0.15) is 13.2 Å². The maximum Gasteiger partial charge on any atom is 0.392 e. The molecule has 4 heterocycles. The fraction of sp³-hybridized carbons (Fsp3) is 0.704. The summed E-state index contributed by atoms with van der Waals surface area (Å²) in [6.45, 7) is 0.240. The fourth-order valence-electron chi connectivity index (χ4n) is 6.79. The van der Waals surface area contributed by atoms with Crippen molar-refractivity contribution in [2.45, 2.75) is 107 Å². The number of anilines is 1. The summed E-state index contributed by atoms with van der Waals surface area (Å²) in [5, 5.41) is 4.24. The minimum atomic E-state index is -4.24. The average Bonchev–Trinajstić information content (AvgIpc) is 3.62. The smallest absolute Gasteiger partial charge is 0.392 e. The number of esters is 1. The van der Waals surface area contributed by atoms with E-state index in [-0.39, 0.29) is 42.8 Å². The maximum absolute atomic E-state index is 13.9. The molecule has 38 heavy (non-hydrogen) atoms. The van der Waals surface area contributed by atoms with Crippen molar-refractivity contribution >= 4 is 11.8 Å². The molecule has 0 spiro atoms. The van der Waals surface area contributed by atoms with Crippen LogP contribution >= 0.6 is 0 Å². The molecule has 2 aliphatic carbocycles. The number of methoxy groups -OCH3 is 1. The van der Waals surface area contributed by atoms with Gasteiger partial charge in [0.2, 0.25) is 0 Å². The molecule has 2 aromatic rings. The van der Waals surface area contributed by atoms with Crippen LogP contribution in [0.2, 0.25) is 0 Å². The second-order valence-electron chi connectivity index (χ2n) is 11.2.